The lowest BCUT2D eigenvalue weighted by molar-refractivity contribution is 0.630. The van der Waals surface area contributed by atoms with E-state index in [4.69, 9.17) is 5.26 Å². The Morgan fingerprint density at radius 3 is 2.93 bits per heavy atom. The van der Waals surface area contributed by atoms with E-state index in [0.29, 0.717) is 17.0 Å². The number of aromatic nitrogens is 1. The zero-order chi connectivity index (χ0) is 10.2. The summed E-state index contributed by atoms with van der Waals surface area (Å²) in [6.07, 6.45) is 4.52. The fourth-order valence-corrected chi connectivity index (χ4v) is 1.51. The molecule has 1 fully saturated rings. The second-order valence-corrected chi connectivity index (χ2v) is 4.42. The van der Waals surface area contributed by atoms with E-state index in [9.17, 15) is 0 Å². The van der Waals surface area contributed by atoms with Crippen LogP contribution in [0.5, 0.6) is 0 Å². The van der Waals surface area contributed by atoms with Crippen molar-refractivity contribution in [2.75, 3.05) is 5.32 Å². The highest BCUT2D eigenvalue weighted by Crippen LogP contribution is 2.46. The van der Waals surface area contributed by atoms with Crippen molar-refractivity contribution in [3.63, 3.8) is 0 Å². The summed E-state index contributed by atoms with van der Waals surface area (Å²) in [6.45, 7) is 4.43. The first-order valence-electron chi connectivity index (χ1n) is 4.74. The second kappa shape index (κ2) is 2.98. The van der Waals surface area contributed by atoms with Gasteiger partial charge in [-0.1, -0.05) is 13.8 Å². The summed E-state index contributed by atoms with van der Waals surface area (Å²) in [5.41, 5.74) is 1.89. The Balaban J connectivity index is 2.15. The molecule has 1 atom stereocenters. The first-order valence-corrected chi connectivity index (χ1v) is 4.74. The van der Waals surface area contributed by atoms with Crippen molar-refractivity contribution >= 4 is 5.69 Å². The Kier molecular flexibility index (Phi) is 1.92. The van der Waals surface area contributed by atoms with Crippen molar-refractivity contribution in [1.82, 2.24) is 4.98 Å². The molecule has 3 heteroatoms. The van der Waals surface area contributed by atoms with Gasteiger partial charge in [-0.2, -0.15) is 5.26 Å². The Labute approximate surface area is 83.8 Å². The van der Waals surface area contributed by atoms with Crippen LogP contribution in [0.15, 0.2) is 18.5 Å². The van der Waals surface area contributed by atoms with Crippen LogP contribution >= 0.6 is 0 Å². The SMILES string of the molecule is CC1(C)CC1Nc1cnccc1C#N. The number of rotatable bonds is 2. The van der Waals surface area contributed by atoms with E-state index in [1.54, 1.807) is 18.5 Å². The van der Waals surface area contributed by atoms with Gasteiger partial charge < -0.3 is 5.32 Å². The standard InChI is InChI=1S/C11H13N3/c1-11(2)5-10(11)14-9-7-13-4-3-8(9)6-12/h3-4,7,10,14H,5H2,1-2H3. The Hall–Kier alpha value is -1.56. The topological polar surface area (TPSA) is 48.7 Å². The highest BCUT2D eigenvalue weighted by atomic mass is 15.0. The summed E-state index contributed by atoms with van der Waals surface area (Å²) >= 11 is 0. The van der Waals surface area contributed by atoms with Gasteiger partial charge >= 0.3 is 0 Å². The molecule has 0 aromatic carbocycles. The van der Waals surface area contributed by atoms with Gasteiger partial charge in [0, 0.05) is 12.2 Å². The maximum absolute atomic E-state index is 8.86. The van der Waals surface area contributed by atoms with E-state index >= 15 is 0 Å². The highest BCUT2D eigenvalue weighted by molar-refractivity contribution is 5.57. The largest absolute Gasteiger partial charge is 0.379 e. The fourth-order valence-electron chi connectivity index (χ4n) is 1.51. The van der Waals surface area contributed by atoms with E-state index < -0.39 is 0 Å². The van der Waals surface area contributed by atoms with Crippen LogP contribution < -0.4 is 5.32 Å². The molecule has 0 saturated heterocycles. The molecular formula is C11H13N3. The molecule has 1 saturated carbocycles. The van der Waals surface area contributed by atoms with Gasteiger partial charge in [-0.05, 0) is 17.9 Å². The third-order valence-electron chi connectivity index (χ3n) is 2.78. The minimum Gasteiger partial charge on any atom is -0.379 e. The minimum absolute atomic E-state index is 0.364. The number of nitriles is 1. The van der Waals surface area contributed by atoms with Crippen LogP contribution in [0.25, 0.3) is 0 Å². The molecule has 1 aromatic rings. The van der Waals surface area contributed by atoms with E-state index in [0.717, 1.165) is 12.1 Å². The van der Waals surface area contributed by atoms with Crippen LogP contribution in [0.1, 0.15) is 25.8 Å². The smallest absolute Gasteiger partial charge is 0.101 e. The van der Waals surface area contributed by atoms with Crippen LogP contribution in [0.3, 0.4) is 0 Å². The predicted octanol–water partition coefficient (Wildman–Crippen LogP) is 2.16. The van der Waals surface area contributed by atoms with Gasteiger partial charge in [-0.15, -0.1) is 0 Å². The molecule has 14 heavy (non-hydrogen) atoms. The number of pyridine rings is 1. The van der Waals surface area contributed by atoms with E-state index in [2.05, 4.69) is 30.2 Å². The number of anilines is 1. The summed E-state index contributed by atoms with van der Waals surface area (Å²) in [5.74, 6) is 0. The van der Waals surface area contributed by atoms with Gasteiger partial charge in [0.15, 0.2) is 0 Å². The lowest BCUT2D eigenvalue weighted by atomic mass is 10.2. The molecule has 72 valence electrons. The minimum atomic E-state index is 0.364. The summed E-state index contributed by atoms with van der Waals surface area (Å²) < 4.78 is 0. The molecular weight excluding hydrogens is 174 g/mol. The van der Waals surface area contributed by atoms with Gasteiger partial charge in [-0.25, -0.2) is 0 Å². The molecule has 1 aliphatic rings. The van der Waals surface area contributed by atoms with Crippen LogP contribution in [-0.4, -0.2) is 11.0 Å². The maximum Gasteiger partial charge on any atom is 0.101 e. The molecule has 0 amide bonds. The highest BCUT2D eigenvalue weighted by Gasteiger charge is 2.45. The van der Waals surface area contributed by atoms with E-state index in [1.807, 2.05) is 0 Å². The third-order valence-corrected chi connectivity index (χ3v) is 2.78. The molecule has 0 bridgehead atoms. The van der Waals surface area contributed by atoms with Crippen LogP contribution in [-0.2, 0) is 0 Å². The van der Waals surface area contributed by atoms with Gasteiger partial charge in [0.2, 0.25) is 0 Å². The molecule has 1 unspecified atom stereocenters. The maximum atomic E-state index is 8.86. The molecule has 1 aliphatic carbocycles. The molecule has 2 rings (SSSR count). The third kappa shape index (κ3) is 1.56. The van der Waals surface area contributed by atoms with Crippen molar-refractivity contribution in [2.45, 2.75) is 26.3 Å². The van der Waals surface area contributed by atoms with Crippen molar-refractivity contribution in [1.29, 1.82) is 5.26 Å². The molecule has 0 aliphatic heterocycles. The summed E-state index contributed by atoms with van der Waals surface area (Å²) in [4.78, 5) is 4.01. The molecule has 1 heterocycles. The molecule has 0 spiro atoms. The Morgan fingerprint density at radius 1 is 1.64 bits per heavy atom. The number of hydrogen-bond acceptors (Lipinski definition) is 3. The van der Waals surface area contributed by atoms with Crippen LogP contribution in [0.2, 0.25) is 0 Å². The monoisotopic (exact) mass is 187 g/mol. The number of nitrogens with one attached hydrogen (secondary N) is 1. The van der Waals surface area contributed by atoms with Crippen molar-refractivity contribution in [3.8, 4) is 6.07 Å². The van der Waals surface area contributed by atoms with E-state index in [-0.39, 0.29) is 0 Å². The van der Waals surface area contributed by atoms with Gasteiger partial charge in [0.25, 0.3) is 0 Å². The zero-order valence-electron chi connectivity index (χ0n) is 8.41. The summed E-state index contributed by atoms with van der Waals surface area (Å²) in [6, 6.07) is 4.37. The lowest BCUT2D eigenvalue weighted by Crippen LogP contribution is -2.09. The Bertz CT molecular complexity index is 390. The Morgan fingerprint density at radius 2 is 2.36 bits per heavy atom. The summed E-state index contributed by atoms with van der Waals surface area (Å²) in [7, 11) is 0. The molecule has 1 N–H and O–H groups in total. The van der Waals surface area contributed by atoms with Crippen LogP contribution in [0, 0.1) is 16.7 Å². The summed E-state index contributed by atoms with van der Waals surface area (Å²) in [5, 5.41) is 12.2. The zero-order valence-corrected chi connectivity index (χ0v) is 8.41. The number of hydrogen-bond donors (Lipinski definition) is 1. The van der Waals surface area contributed by atoms with Crippen molar-refractivity contribution in [3.05, 3.63) is 24.0 Å². The van der Waals surface area contributed by atoms with Gasteiger partial charge in [-0.3, -0.25) is 4.98 Å². The average Bonchev–Trinajstić information content (AvgIpc) is 2.75. The van der Waals surface area contributed by atoms with Gasteiger partial charge in [0.05, 0.1) is 17.4 Å². The molecule has 1 aromatic heterocycles. The molecule has 3 nitrogen and oxygen atoms in total. The van der Waals surface area contributed by atoms with E-state index in [1.165, 1.54) is 0 Å². The van der Waals surface area contributed by atoms with Crippen LogP contribution in [0.4, 0.5) is 5.69 Å². The quantitative estimate of drug-likeness (QED) is 0.771. The van der Waals surface area contributed by atoms with Crippen molar-refractivity contribution in [2.24, 2.45) is 5.41 Å². The first-order chi connectivity index (χ1) is 6.63. The predicted molar refractivity (Wildman–Crippen MR) is 54.8 cm³/mol. The molecule has 0 radical (unpaired) electrons. The van der Waals surface area contributed by atoms with Crippen molar-refractivity contribution < 1.29 is 0 Å². The first kappa shape index (κ1) is 9.01. The second-order valence-electron chi connectivity index (χ2n) is 4.42. The number of nitrogens with zero attached hydrogens (tertiary/aromatic N) is 2. The van der Waals surface area contributed by atoms with Gasteiger partial charge in [0.1, 0.15) is 6.07 Å². The normalized spacial score (nSPS) is 22.5. The lowest BCUT2D eigenvalue weighted by Gasteiger charge is -2.08. The fraction of sp³-hybridized carbons (Fsp3) is 0.455. The average molecular weight is 187 g/mol.